The second kappa shape index (κ2) is 6.63. The van der Waals surface area contributed by atoms with E-state index in [9.17, 15) is 9.18 Å². The summed E-state index contributed by atoms with van der Waals surface area (Å²) in [5.41, 5.74) is 0.674. The van der Waals surface area contributed by atoms with Crippen molar-refractivity contribution in [2.24, 2.45) is 0 Å². The van der Waals surface area contributed by atoms with Crippen LogP contribution < -0.4 is 10.6 Å². The molecule has 0 radical (unpaired) electrons. The minimum Gasteiger partial charge on any atom is -0.308 e. The maximum Gasteiger partial charge on any atom is 0.323 e. The van der Waals surface area contributed by atoms with Crippen LogP contribution in [0.2, 0.25) is 5.02 Å². The van der Waals surface area contributed by atoms with Crippen molar-refractivity contribution in [2.75, 3.05) is 16.9 Å². The van der Waals surface area contributed by atoms with E-state index >= 15 is 0 Å². The number of carbonyl (C=O) groups excluding carboxylic acids is 1. The number of anilines is 2. The average Bonchev–Trinajstić information content (AvgIpc) is 2.44. The first kappa shape index (κ1) is 14.7. The molecule has 104 valence electrons. The van der Waals surface area contributed by atoms with Crippen LogP contribution in [0.3, 0.4) is 0 Å². The van der Waals surface area contributed by atoms with E-state index in [0.717, 1.165) is 4.90 Å². The highest BCUT2D eigenvalue weighted by molar-refractivity contribution is 7.98. The Labute approximate surface area is 125 Å². The molecule has 3 nitrogen and oxygen atoms in total. The number of thioether (sulfide) groups is 1. The number of rotatable bonds is 3. The number of halogens is 2. The molecule has 2 rings (SSSR count). The van der Waals surface area contributed by atoms with Crippen molar-refractivity contribution in [3.8, 4) is 0 Å². The fourth-order valence-corrected chi connectivity index (χ4v) is 2.22. The van der Waals surface area contributed by atoms with Crippen LogP contribution in [0.5, 0.6) is 0 Å². The predicted octanol–water partition coefficient (Wildman–Crippen LogP) is 4.85. The lowest BCUT2D eigenvalue weighted by Gasteiger charge is -2.09. The number of urea groups is 1. The standard InChI is InChI=1S/C14H12ClFN2OS/c1-20-10-5-2-4-9(8-10)17-14(19)18-12-7-3-6-11(15)13(12)16/h2-8H,1H3,(H2,17,18,19). The van der Waals surface area contributed by atoms with E-state index < -0.39 is 11.8 Å². The van der Waals surface area contributed by atoms with Gasteiger partial charge in [0.15, 0.2) is 5.82 Å². The van der Waals surface area contributed by atoms with Gasteiger partial charge in [0.05, 0.1) is 10.7 Å². The Bertz CT molecular complexity index is 636. The van der Waals surface area contributed by atoms with Crippen LogP contribution in [0, 0.1) is 5.82 Å². The summed E-state index contributed by atoms with van der Waals surface area (Å²) in [4.78, 5) is 12.8. The quantitative estimate of drug-likeness (QED) is 0.796. The third-order valence-electron chi connectivity index (χ3n) is 2.53. The van der Waals surface area contributed by atoms with Crippen LogP contribution in [-0.2, 0) is 0 Å². The highest BCUT2D eigenvalue weighted by Gasteiger charge is 2.09. The van der Waals surface area contributed by atoms with E-state index in [4.69, 9.17) is 11.6 Å². The van der Waals surface area contributed by atoms with Gasteiger partial charge in [0, 0.05) is 10.6 Å². The van der Waals surface area contributed by atoms with Crippen LogP contribution in [0.25, 0.3) is 0 Å². The Balaban J connectivity index is 2.07. The van der Waals surface area contributed by atoms with Gasteiger partial charge in [0.25, 0.3) is 0 Å². The Morgan fingerprint density at radius 2 is 1.95 bits per heavy atom. The zero-order valence-corrected chi connectivity index (χ0v) is 12.2. The van der Waals surface area contributed by atoms with Gasteiger partial charge in [-0.25, -0.2) is 9.18 Å². The van der Waals surface area contributed by atoms with Gasteiger partial charge in [0.1, 0.15) is 0 Å². The highest BCUT2D eigenvalue weighted by atomic mass is 35.5. The van der Waals surface area contributed by atoms with Crippen molar-refractivity contribution in [2.45, 2.75) is 4.90 Å². The molecule has 2 aromatic carbocycles. The summed E-state index contributed by atoms with van der Waals surface area (Å²) >= 11 is 7.22. The summed E-state index contributed by atoms with van der Waals surface area (Å²) < 4.78 is 13.6. The zero-order valence-electron chi connectivity index (χ0n) is 10.6. The molecule has 0 saturated carbocycles. The smallest absolute Gasteiger partial charge is 0.308 e. The van der Waals surface area contributed by atoms with Gasteiger partial charge < -0.3 is 10.6 Å². The van der Waals surface area contributed by atoms with Gasteiger partial charge in [0.2, 0.25) is 0 Å². The maximum absolute atomic E-state index is 13.6. The van der Waals surface area contributed by atoms with Gasteiger partial charge in [-0.2, -0.15) is 0 Å². The first-order valence-corrected chi connectivity index (χ1v) is 7.36. The van der Waals surface area contributed by atoms with Gasteiger partial charge >= 0.3 is 6.03 Å². The van der Waals surface area contributed by atoms with E-state index in [2.05, 4.69) is 10.6 Å². The topological polar surface area (TPSA) is 41.1 Å². The Hall–Kier alpha value is -1.72. The number of benzene rings is 2. The summed E-state index contributed by atoms with van der Waals surface area (Å²) in [5.74, 6) is -0.651. The lowest BCUT2D eigenvalue weighted by Crippen LogP contribution is -2.20. The molecule has 0 aliphatic carbocycles. The van der Waals surface area contributed by atoms with Crippen LogP contribution in [-0.4, -0.2) is 12.3 Å². The molecule has 0 saturated heterocycles. The monoisotopic (exact) mass is 310 g/mol. The molecule has 0 fully saturated rings. The fraction of sp³-hybridized carbons (Fsp3) is 0.0714. The summed E-state index contributed by atoms with van der Waals surface area (Å²) in [6.07, 6.45) is 1.94. The number of nitrogens with one attached hydrogen (secondary N) is 2. The van der Waals surface area contributed by atoms with Crippen molar-refractivity contribution in [1.82, 2.24) is 0 Å². The Kier molecular flexibility index (Phi) is 4.87. The first-order valence-electron chi connectivity index (χ1n) is 5.76. The fourth-order valence-electron chi connectivity index (χ4n) is 1.59. The van der Waals surface area contributed by atoms with Crippen molar-refractivity contribution in [3.63, 3.8) is 0 Å². The van der Waals surface area contributed by atoms with E-state index in [1.54, 1.807) is 23.9 Å². The molecule has 0 bridgehead atoms. The molecule has 0 atom stereocenters. The molecule has 0 spiro atoms. The van der Waals surface area contributed by atoms with Crippen molar-refractivity contribution < 1.29 is 9.18 Å². The van der Waals surface area contributed by atoms with E-state index in [1.807, 2.05) is 24.5 Å². The second-order valence-corrected chi connectivity index (χ2v) is 5.20. The molecule has 0 aromatic heterocycles. The zero-order chi connectivity index (χ0) is 14.5. The van der Waals surface area contributed by atoms with Gasteiger partial charge in [-0.05, 0) is 36.6 Å². The lowest BCUT2D eigenvalue weighted by molar-refractivity contribution is 0.262. The number of hydrogen-bond donors (Lipinski definition) is 2. The number of carbonyl (C=O) groups is 1. The maximum atomic E-state index is 13.6. The largest absolute Gasteiger partial charge is 0.323 e. The molecular formula is C14H12ClFN2OS. The lowest BCUT2D eigenvalue weighted by atomic mass is 10.3. The van der Waals surface area contributed by atoms with Crippen LogP contribution in [0.1, 0.15) is 0 Å². The van der Waals surface area contributed by atoms with Crippen LogP contribution in [0.4, 0.5) is 20.6 Å². The molecule has 2 N–H and O–H groups in total. The van der Waals surface area contributed by atoms with Gasteiger partial charge in [-0.3, -0.25) is 0 Å². The average molecular weight is 311 g/mol. The minimum atomic E-state index is -0.651. The molecule has 0 aliphatic rings. The Morgan fingerprint density at radius 3 is 2.70 bits per heavy atom. The van der Waals surface area contributed by atoms with E-state index in [-0.39, 0.29) is 10.7 Å². The molecule has 20 heavy (non-hydrogen) atoms. The van der Waals surface area contributed by atoms with Crippen LogP contribution >= 0.6 is 23.4 Å². The second-order valence-electron chi connectivity index (χ2n) is 3.91. The molecule has 0 unspecified atom stereocenters. The highest BCUT2D eigenvalue weighted by Crippen LogP contribution is 2.23. The van der Waals surface area contributed by atoms with Crippen molar-refractivity contribution in [1.29, 1.82) is 0 Å². The molecule has 2 aromatic rings. The third kappa shape index (κ3) is 3.65. The van der Waals surface area contributed by atoms with E-state index in [0.29, 0.717) is 5.69 Å². The Morgan fingerprint density at radius 1 is 1.20 bits per heavy atom. The predicted molar refractivity (Wildman–Crippen MR) is 82.3 cm³/mol. The normalized spacial score (nSPS) is 10.2. The number of amides is 2. The number of hydrogen-bond acceptors (Lipinski definition) is 2. The van der Waals surface area contributed by atoms with Crippen LogP contribution in [0.15, 0.2) is 47.4 Å². The third-order valence-corrected chi connectivity index (χ3v) is 3.54. The summed E-state index contributed by atoms with van der Waals surface area (Å²) in [6.45, 7) is 0. The molecule has 0 aliphatic heterocycles. The van der Waals surface area contributed by atoms with E-state index in [1.165, 1.54) is 12.1 Å². The molecule has 2 amide bonds. The summed E-state index contributed by atoms with van der Waals surface area (Å²) in [6, 6.07) is 11.3. The first-order chi connectivity index (χ1) is 9.60. The minimum absolute atomic E-state index is 0.0350. The van der Waals surface area contributed by atoms with Crippen molar-refractivity contribution in [3.05, 3.63) is 53.3 Å². The van der Waals surface area contributed by atoms with Crippen molar-refractivity contribution >= 4 is 40.8 Å². The molecule has 0 heterocycles. The SMILES string of the molecule is CSc1cccc(NC(=O)Nc2cccc(Cl)c2F)c1. The molecule has 6 heteroatoms. The summed E-state index contributed by atoms with van der Waals surface area (Å²) in [5, 5.41) is 5.02. The van der Waals surface area contributed by atoms with Gasteiger partial charge in [-0.1, -0.05) is 23.7 Å². The van der Waals surface area contributed by atoms with Gasteiger partial charge in [-0.15, -0.1) is 11.8 Å². The molecular weight excluding hydrogens is 299 g/mol. The summed E-state index contributed by atoms with van der Waals surface area (Å²) in [7, 11) is 0.